The van der Waals surface area contributed by atoms with Gasteiger partial charge in [-0.1, -0.05) is 23.7 Å². The Hall–Kier alpha value is -3.00. The van der Waals surface area contributed by atoms with E-state index in [2.05, 4.69) is 25.5 Å². The summed E-state index contributed by atoms with van der Waals surface area (Å²) >= 11 is 5.96. The lowest BCUT2D eigenvalue weighted by Crippen LogP contribution is -2.41. The van der Waals surface area contributed by atoms with Crippen molar-refractivity contribution in [3.63, 3.8) is 0 Å². The lowest BCUT2D eigenvalue weighted by Gasteiger charge is -2.26. The average molecular weight is 438 g/mol. The predicted octanol–water partition coefficient (Wildman–Crippen LogP) is 3.60. The van der Waals surface area contributed by atoms with Crippen LogP contribution in [0.5, 0.6) is 0 Å². The van der Waals surface area contributed by atoms with Crippen molar-refractivity contribution < 1.29 is 9.53 Å². The van der Waals surface area contributed by atoms with Gasteiger partial charge in [0.15, 0.2) is 0 Å². The van der Waals surface area contributed by atoms with Crippen molar-refractivity contribution in [3.05, 3.63) is 71.4 Å². The number of amides is 1. The van der Waals surface area contributed by atoms with E-state index >= 15 is 0 Å². The molecule has 160 valence electrons. The lowest BCUT2D eigenvalue weighted by atomic mass is 10.1. The standard InChI is InChI=1S/C23H24ClN5O2/c24-19-5-1-17(2-6-19)21-9-10-26-23(28-21)27-20-7-3-18(4-8-20)22(30)25-11-12-29-13-15-31-16-14-29/h1-10H,11-16H2,(H,25,30)(H,26,27,28). The van der Waals surface area contributed by atoms with Crippen molar-refractivity contribution in [2.24, 2.45) is 0 Å². The summed E-state index contributed by atoms with van der Waals surface area (Å²) < 4.78 is 5.33. The van der Waals surface area contributed by atoms with E-state index in [9.17, 15) is 4.79 Å². The molecule has 4 rings (SSSR count). The molecule has 3 aromatic rings. The quantitative estimate of drug-likeness (QED) is 0.588. The van der Waals surface area contributed by atoms with Crippen LogP contribution in [0.3, 0.4) is 0 Å². The van der Waals surface area contributed by atoms with Crippen molar-refractivity contribution in [2.75, 3.05) is 44.7 Å². The van der Waals surface area contributed by atoms with Crippen molar-refractivity contribution in [1.29, 1.82) is 0 Å². The molecule has 2 N–H and O–H groups in total. The highest BCUT2D eigenvalue weighted by Crippen LogP contribution is 2.21. The molecule has 1 aliphatic heterocycles. The van der Waals surface area contributed by atoms with E-state index in [4.69, 9.17) is 16.3 Å². The Bertz CT molecular complexity index is 1010. The highest BCUT2D eigenvalue weighted by molar-refractivity contribution is 6.30. The first-order valence-corrected chi connectivity index (χ1v) is 10.6. The SMILES string of the molecule is O=C(NCCN1CCOCC1)c1ccc(Nc2nccc(-c3ccc(Cl)cc3)n2)cc1. The van der Waals surface area contributed by atoms with Gasteiger partial charge in [0.1, 0.15) is 0 Å². The molecule has 2 heterocycles. The Kier molecular flexibility index (Phi) is 7.09. The van der Waals surface area contributed by atoms with Crippen LogP contribution in [0.1, 0.15) is 10.4 Å². The zero-order valence-corrected chi connectivity index (χ0v) is 17.8. The van der Waals surface area contributed by atoms with E-state index < -0.39 is 0 Å². The van der Waals surface area contributed by atoms with Crippen LogP contribution in [0.15, 0.2) is 60.8 Å². The summed E-state index contributed by atoms with van der Waals surface area (Å²) in [6.07, 6.45) is 1.70. The molecule has 0 atom stereocenters. The zero-order valence-electron chi connectivity index (χ0n) is 17.1. The fraction of sp³-hybridized carbons (Fsp3) is 0.261. The van der Waals surface area contributed by atoms with Crippen LogP contribution in [-0.4, -0.2) is 60.2 Å². The number of carbonyl (C=O) groups is 1. The van der Waals surface area contributed by atoms with Crippen molar-refractivity contribution in [1.82, 2.24) is 20.2 Å². The second-order valence-electron chi connectivity index (χ2n) is 7.18. The van der Waals surface area contributed by atoms with Crippen molar-refractivity contribution in [3.8, 4) is 11.3 Å². The van der Waals surface area contributed by atoms with Gasteiger partial charge < -0.3 is 15.4 Å². The van der Waals surface area contributed by atoms with Crippen LogP contribution in [-0.2, 0) is 4.74 Å². The lowest BCUT2D eigenvalue weighted by molar-refractivity contribution is 0.0383. The van der Waals surface area contributed by atoms with Gasteiger partial charge in [-0.15, -0.1) is 0 Å². The van der Waals surface area contributed by atoms with E-state index in [1.54, 1.807) is 18.3 Å². The summed E-state index contributed by atoms with van der Waals surface area (Å²) in [7, 11) is 0. The highest BCUT2D eigenvalue weighted by Gasteiger charge is 2.11. The van der Waals surface area contributed by atoms with Crippen LogP contribution in [0.2, 0.25) is 5.02 Å². The van der Waals surface area contributed by atoms with Crippen LogP contribution >= 0.6 is 11.6 Å². The van der Waals surface area contributed by atoms with Gasteiger partial charge in [0.05, 0.1) is 18.9 Å². The van der Waals surface area contributed by atoms with Crippen LogP contribution in [0.4, 0.5) is 11.6 Å². The van der Waals surface area contributed by atoms with E-state index in [0.29, 0.717) is 23.1 Å². The summed E-state index contributed by atoms with van der Waals surface area (Å²) in [5.41, 5.74) is 3.17. The summed E-state index contributed by atoms with van der Waals surface area (Å²) in [5.74, 6) is 0.399. The number of hydrogen-bond acceptors (Lipinski definition) is 6. The first kappa shape index (κ1) is 21.2. The maximum absolute atomic E-state index is 12.4. The molecular formula is C23H24ClN5O2. The molecule has 0 unspecified atom stereocenters. The third-order valence-electron chi connectivity index (χ3n) is 5.02. The van der Waals surface area contributed by atoms with Gasteiger partial charge in [-0.2, -0.15) is 0 Å². The Morgan fingerprint density at radius 2 is 1.77 bits per heavy atom. The Balaban J connectivity index is 1.32. The molecule has 0 bridgehead atoms. The minimum absolute atomic E-state index is 0.0826. The Morgan fingerprint density at radius 3 is 2.52 bits per heavy atom. The molecule has 8 heteroatoms. The molecule has 1 saturated heterocycles. The number of rotatable bonds is 7. The van der Waals surface area contributed by atoms with Crippen LogP contribution < -0.4 is 10.6 Å². The maximum atomic E-state index is 12.4. The second-order valence-corrected chi connectivity index (χ2v) is 7.62. The molecular weight excluding hydrogens is 414 g/mol. The number of morpholine rings is 1. The molecule has 0 radical (unpaired) electrons. The van der Waals surface area contributed by atoms with Crippen LogP contribution in [0, 0.1) is 0 Å². The summed E-state index contributed by atoms with van der Waals surface area (Å²) in [6, 6.07) is 16.6. The molecule has 31 heavy (non-hydrogen) atoms. The number of nitrogens with zero attached hydrogens (tertiary/aromatic N) is 3. The van der Waals surface area contributed by atoms with Gasteiger partial charge in [0, 0.05) is 54.2 Å². The molecule has 0 saturated carbocycles. The predicted molar refractivity (Wildman–Crippen MR) is 122 cm³/mol. The molecule has 1 aromatic heterocycles. The minimum atomic E-state index is -0.0826. The van der Waals surface area contributed by atoms with E-state index in [-0.39, 0.29) is 5.91 Å². The molecule has 1 aliphatic rings. The minimum Gasteiger partial charge on any atom is -0.379 e. The summed E-state index contributed by atoms with van der Waals surface area (Å²) in [6.45, 7) is 4.79. The molecule has 0 spiro atoms. The monoisotopic (exact) mass is 437 g/mol. The first-order valence-electron chi connectivity index (χ1n) is 10.2. The van der Waals surface area contributed by atoms with Gasteiger partial charge in [0.2, 0.25) is 5.95 Å². The molecule has 0 aliphatic carbocycles. The number of benzene rings is 2. The van der Waals surface area contributed by atoms with E-state index in [0.717, 1.165) is 49.8 Å². The fourth-order valence-corrected chi connectivity index (χ4v) is 3.41. The number of halogens is 1. The number of ether oxygens (including phenoxy) is 1. The number of nitrogens with one attached hydrogen (secondary N) is 2. The fourth-order valence-electron chi connectivity index (χ4n) is 3.29. The van der Waals surface area contributed by atoms with Gasteiger partial charge in [-0.25, -0.2) is 9.97 Å². The number of aromatic nitrogens is 2. The summed E-state index contributed by atoms with van der Waals surface area (Å²) in [4.78, 5) is 23.5. The van der Waals surface area contributed by atoms with Gasteiger partial charge >= 0.3 is 0 Å². The number of carbonyl (C=O) groups excluding carboxylic acids is 1. The third-order valence-corrected chi connectivity index (χ3v) is 5.27. The second kappa shape index (κ2) is 10.3. The van der Waals surface area contributed by atoms with Gasteiger partial charge in [-0.3, -0.25) is 9.69 Å². The zero-order chi connectivity index (χ0) is 21.5. The highest BCUT2D eigenvalue weighted by atomic mass is 35.5. The van der Waals surface area contributed by atoms with Gasteiger partial charge in [0.25, 0.3) is 5.91 Å². The third kappa shape index (κ3) is 6.01. The normalized spacial score (nSPS) is 14.2. The van der Waals surface area contributed by atoms with Crippen LogP contribution in [0.25, 0.3) is 11.3 Å². The first-order chi connectivity index (χ1) is 15.2. The average Bonchev–Trinajstić information content (AvgIpc) is 2.81. The van der Waals surface area contributed by atoms with Crippen molar-refractivity contribution >= 4 is 29.1 Å². The number of anilines is 2. The van der Waals surface area contributed by atoms with Crippen molar-refractivity contribution in [2.45, 2.75) is 0 Å². The Morgan fingerprint density at radius 1 is 1.03 bits per heavy atom. The molecule has 1 amide bonds. The number of hydrogen-bond donors (Lipinski definition) is 2. The smallest absolute Gasteiger partial charge is 0.251 e. The van der Waals surface area contributed by atoms with E-state index in [1.165, 1.54) is 0 Å². The van der Waals surface area contributed by atoms with E-state index in [1.807, 2.05) is 42.5 Å². The summed E-state index contributed by atoms with van der Waals surface area (Å²) in [5, 5.41) is 6.83. The largest absolute Gasteiger partial charge is 0.379 e. The topological polar surface area (TPSA) is 79.4 Å². The van der Waals surface area contributed by atoms with Gasteiger partial charge in [-0.05, 0) is 42.5 Å². The molecule has 1 fully saturated rings. The maximum Gasteiger partial charge on any atom is 0.251 e. The molecule has 2 aromatic carbocycles. The molecule has 7 nitrogen and oxygen atoms in total. The Labute approximate surface area is 186 Å².